The van der Waals surface area contributed by atoms with E-state index in [1.54, 1.807) is 13.2 Å². The molecule has 0 bridgehead atoms. The number of rotatable bonds is 4. The Morgan fingerprint density at radius 2 is 2.12 bits per heavy atom. The van der Waals surface area contributed by atoms with Gasteiger partial charge >= 0.3 is 0 Å². The molecule has 1 saturated carbocycles. The number of phenolic OH excluding ortho intramolecular Hbond substituents is 1. The fraction of sp³-hybridized carbons (Fsp3) is 0.538. The molecule has 3 heteroatoms. The summed E-state index contributed by atoms with van der Waals surface area (Å²) in [6, 6.07) is 3.76. The van der Waals surface area contributed by atoms with Crippen LogP contribution in [0.1, 0.15) is 30.9 Å². The topological polar surface area (TPSA) is 55.5 Å². The Balaban J connectivity index is 2.47. The second kappa shape index (κ2) is 3.98. The molecule has 1 aliphatic rings. The van der Waals surface area contributed by atoms with Crippen molar-refractivity contribution in [1.82, 2.24) is 0 Å². The van der Waals surface area contributed by atoms with Crippen LogP contribution in [0.25, 0.3) is 0 Å². The van der Waals surface area contributed by atoms with Crippen LogP contribution in [-0.4, -0.2) is 18.8 Å². The number of hydrogen-bond acceptors (Lipinski definition) is 3. The minimum absolute atomic E-state index is 0.0281. The van der Waals surface area contributed by atoms with Gasteiger partial charge in [-0.05, 0) is 30.9 Å². The quantitative estimate of drug-likeness (QED) is 0.817. The summed E-state index contributed by atoms with van der Waals surface area (Å²) in [5.41, 5.74) is 7.94. The van der Waals surface area contributed by atoms with Gasteiger partial charge in [0.1, 0.15) is 11.5 Å². The molecule has 0 atom stereocenters. The third kappa shape index (κ3) is 1.65. The number of hydrogen-bond donors (Lipinski definition) is 2. The summed E-state index contributed by atoms with van der Waals surface area (Å²) in [6.45, 7) is 2.69. The van der Waals surface area contributed by atoms with E-state index < -0.39 is 0 Å². The van der Waals surface area contributed by atoms with Gasteiger partial charge < -0.3 is 15.6 Å². The van der Waals surface area contributed by atoms with E-state index in [-0.39, 0.29) is 5.41 Å². The lowest BCUT2D eigenvalue weighted by molar-refractivity contribution is 0.400. The summed E-state index contributed by atoms with van der Waals surface area (Å²) in [5.74, 6) is 1.08. The average Bonchev–Trinajstić information content (AvgIpc) is 3.09. The van der Waals surface area contributed by atoms with Crippen molar-refractivity contribution in [2.24, 2.45) is 5.73 Å². The van der Waals surface area contributed by atoms with Crippen molar-refractivity contribution >= 4 is 0 Å². The van der Waals surface area contributed by atoms with Crippen LogP contribution >= 0.6 is 0 Å². The molecule has 0 aromatic heterocycles. The number of ether oxygens (including phenoxy) is 1. The van der Waals surface area contributed by atoms with E-state index in [9.17, 15) is 5.11 Å². The van der Waals surface area contributed by atoms with Crippen LogP contribution in [-0.2, 0) is 11.8 Å². The van der Waals surface area contributed by atoms with Gasteiger partial charge in [0.25, 0.3) is 0 Å². The van der Waals surface area contributed by atoms with Crippen molar-refractivity contribution in [1.29, 1.82) is 0 Å². The molecule has 3 nitrogen and oxygen atoms in total. The summed E-state index contributed by atoms with van der Waals surface area (Å²) >= 11 is 0. The summed E-state index contributed by atoms with van der Waals surface area (Å²) in [4.78, 5) is 0. The maximum atomic E-state index is 10.0. The Labute approximate surface area is 96.2 Å². The second-order valence-corrected chi connectivity index (χ2v) is 4.52. The Bertz CT molecular complexity index is 397. The Morgan fingerprint density at radius 3 is 2.56 bits per heavy atom. The minimum atomic E-state index is 0.0281. The molecular formula is C13H19NO2. The summed E-state index contributed by atoms with van der Waals surface area (Å²) in [7, 11) is 1.63. The normalized spacial score (nSPS) is 17.2. The van der Waals surface area contributed by atoms with Crippen LogP contribution < -0.4 is 10.5 Å². The van der Waals surface area contributed by atoms with Crippen LogP contribution in [0, 0.1) is 0 Å². The Hall–Kier alpha value is -1.22. The number of aryl methyl sites for hydroxylation is 1. The molecule has 0 unspecified atom stereocenters. The maximum Gasteiger partial charge on any atom is 0.125 e. The van der Waals surface area contributed by atoms with E-state index in [0.717, 1.165) is 36.1 Å². The zero-order valence-corrected chi connectivity index (χ0v) is 9.92. The average molecular weight is 221 g/mol. The smallest absolute Gasteiger partial charge is 0.125 e. The van der Waals surface area contributed by atoms with Gasteiger partial charge in [0, 0.05) is 23.6 Å². The van der Waals surface area contributed by atoms with Crippen LogP contribution in [0.4, 0.5) is 0 Å². The molecule has 0 spiro atoms. The third-order valence-electron chi connectivity index (χ3n) is 3.60. The molecule has 1 aliphatic carbocycles. The summed E-state index contributed by atoms with van der Waals surface area (Å²) < 4.78 is 5.25. The first kappa shape index (κ1) is 11.3. The van der Waals surface area contributed by atoms with Crippen LogP contribution in [0.15, 0.2) is 12.1 Å². The first-order valence-corrected chi connectivity index (χ1v) is 5.77. The highest BCUT2D eigenvalue weighted by Crippen LogP contribution is 2.51. The molecule has 0 radical (unpaired) electrons. The predicted molar refractivity (Wildman–Crippen MR) is 64.0 cm³/mol. The maximum absolute atomic E-state index is 10.0. The van der Waals surface area contributed by atoms with Gasteiger partial charge in [-0.25, -0.2) is 0 Å². The van der Waals surface area contributed by atoms with Crippen LogP contribution in [0.5, 0.6) is 11.5 Å². The predicted octanol–water partition coefficient (Wildman–Crippen LogP) is 1.95. The highest BCUT2D eigenvalue weighted by molar-refractivity contribution is 5.51. The van der Waals surface area contributed by atoms with E-state index in [2.05, 4.69) is 6.92 Å². The summed E-state index contributed by atoms with van der Waals surface area (Å²) in [6.07, 6.45) is 3.05. The number of methoxy groups -OCH3 is 1. The monoisotopic (exact) mass is 221 g/mol. The van der Waals surface area contributed by atoms with E-state index in [1.165, 1.54) is 0 Å². The molecule has 0 saturated heterocycles. The van der Waals surface area contributed by atoms with Crippen molar-refractivity contribution in [2.75, 3.05) is 13.7 Å². The lowest BCUT2D eigenvalue weighted by Crippen LogP contribution is -2.20. The number of phenols is 1. The lowest BCUT2D eigenvalue weighted by atomic mass is 9.92. The molecular weight excluding hydrogens is 202 g/mol. The zero-order valence-electron chi connectivity index (χ0n) is 9.92. The number of aromatic hydroxyl groups is 1. The molecule has 3 N–H and O–H groups in total. The minimum Gasteiger partial charge on any atom is -0.508 e. The van der Waals surface area contributed by atoms with Crippen LogP contribution in [0.3, 0.4) is 0 Å². The van der Waals surface area contributed by atoms with E-state index in [0.29, 0.717) is 12.3 Å². The van der Waals surface area contributed by atoms with Gasteiger partial charge in [0.15, 0.2) is 0 Å². The van der Waals surface area contributed by atoms with Gasteiger partial charge in [-0.2, -0.15) is 0 Å². The fourth-order valence-electron chi connectivity index (χ4n) is 2.24. The van der Waals surface area contributed by atoms with Gasteiger partial charge in [0.2, 0.25) is 0 Å². The highest BCUT2D eigenvalue weighted by atomic mass is 16.5. The fourth-order valence-corrected chi connectivity index (χ4v) is 2.24. The van der Waals surface area contributed by atoms with Gasteiger partial charge in [-0.3, -0.25) is 0 Å². The van der Waals surface area contributed by atoms with Crippen LogP contribution in [0.2, 0.25) is 0 Å². The van der Waals surface area contributed by atoms with Crippen molar-refractivity contribution in [3.63, 3.8) is 0 Å². The number of nitrogens with two attached hydrogens (primary N) is 1. The van der Waals surface area contributed by atoms with Gasteiger partial charge in [-0.15, -0.1) is 0 Å². The summed E-state index contributed by atoms with van der Waals surface area (Å²) in [5, 5.41) is 10.0. The zero-order chi connectivity index (χ0) is 11.8. The lowest BCUT2D eigenvalue weighted by Gasteiger charge is -2.17. The molecule has 88 valence electrons. The van der Waals surface area contributed by atoms with Crippen molar-refractivity contribution in [3.8, 4) is 11.5 Å². The third-order valence-corrected chi connectivity index (χ3v) is 3.60. The van der Waals surface area contributed by atoms with Crippen molar-refractivity contribution in [2.45, 2.75) is 31.6 Å². The van der Waals surface area contributed by atoms with Crippen molar-refractivity contribution in [3.05, 3.63) is 23.3 Å². The first-order chi connectivity index (χ1) is 7.66. The molecule has 16 heavy (non-hydrogen) atoms. The molecule has 0 amide bonds. The molecule has 1 aromatic rings. The largest absolute Gasteiger partial charge is 0.508 e. The standard InChI is InChI=1S/C13H19NO2/c1-3-9-6-10(13(8-14)4-5-13)11(15)7-12(9)16-2/h6-7,15H,3-5,8,14H2,1-2H3. The van der Waals surface area contributed by atoms with E-state index >= 15 is 0 Å². The van der Waals surface area contributed by atoms with Gasteiger partial charge in [-0.1, -0.05) is 6.92 Å². The molecule has 0 aliphatic heterocycles. The van der Waals surface area contributed by atoms with E-state index in [4.69, 9.17) is 10.5 Å². The Kier molecular flexibility index (Phi) is 2.80. The highest BCUT2D eigenvalue weighted by Gasteiger charge is 2.44. The van der Waals surface area contributed by atoms with E-state index in [1.807, 2.05) is 6.07 Å². The second-order valence-electron chi connectivity index (χ2n) is 4.52. The number of benzene rings is 1. The van der Waals surface area contributed by atoms with Crippen molar-refractivity contribution < 1.29 is 9.84 Å². The Morgan fingerprint density at radius 1 is 1.44 bits per heavy atom. The molecule has 1 fully saturated rings. The SMILES string of the molecule is CCc1cc(C2(CN)CC2)c(O)cc1OC. The van der Waals surface area contributed by atoms with Gasteiger partial charge in [0.05, 0.1) is 7.11 Å². The molecule has 0 heterocycles. The first-order valence-electron chi connectivity index (χ1n) is 5.77. The molecule has 1 aromatic carbocycles. The molecule has 2 rings (SSSR count).